The minimum atomic E-state index is -0.431. The second-order valence-electron chi connectivity index (χ2n) is 6.86. The van der Waals surface area contributed by atoms with Crippen molar-refractivity contribution in [3.63, 3.8) is 0 Å². The first kappa shape index (κ1) is 20.6. The molecule has 0 radical (unpaired) electrons. The lowest BCUT2D eigenvalue weighted by Gasteiger charge is -2.18. The van der Waals surface area contributed by atoms with Gasteiger partial charge in [0.05, 0.1) is 13.2 Å². The Morgan fingerprint density at radius 2 is 2.12 bits per heavy atom. The minimum Gasteiger partial charge on any atom is -0.469 e. The van der Waals surface area contributed by atoms with Gasteiger partial charge in [0.1, 0.15) is 0 Å². The van der Waals surface area contributed by atoms with E-state index in [-0.39, 0.29) is 29.5 Å². The van der Waals surface area contributed by atoms with E-state index < -0.39 is 6.10 Å². The Morgan fingerprint density at radius 3 is 2.79 bits per heavy atom. The van der Waals surface area contributed by atoms with Crippen LogP contribution >= 0.6 is 0 Å². The van der Waals surface area contributed by atoms with Gasteiger partial charge in [-0.25, -0.2) is 0 Å². The molecule has 0 aromatic heterocycles. The minimum absolute atomic E-state index is 0.0589. The van der Waals surface area contributed by atoms with Crippen molar-refractivity contribution in [2.75, 3.05) is 7.11 Å². The SMILES string of the molecule is CCCCCC(O)C=CC1C=CC(=O)C1CCC(C)CC(=O)OC. The van der Waals surface area contributed by atoms with Crippen LogP contribution in [0.5, 0.6) is 0 Å². The van der Waals surface area contributed by atoms with E-state index in [1.165, 1.54) is 7.11 Å². The molecule has 0 heterocycles. The van der Waals surface area contributed by atoms with Crippen LogP contribution in [-0.2, 0) is 14.3 Å². The molecule has 1 rings (SSSR count). The zero-order valence-electron chi connectivity index (χ0n) is 15.2. The maximum atomic E-state index is 12.1. The van der Waals surface area contributed by atoms with Gasteiger partial charge in [-0.15, -0.1) is 0 Å². The van der Waals surface area contributed by atoms with Crippen molar-refractivity contribution in [3.05, 3.63) is 24.3 Å². The summed E-state index contributed by atoms with van der Waals surface area (Å²) in [4.78, 5) is 23.3. The summed E-state index contributed by atoms with van der Waals surface area (Å²) in [5, 5.41) is 9.99. The van der Waals surface area contributed by atoms with E-state index in [9.17, 15) is 14.7 Å². The third-order valence-corrected chi connectivity index (χ3v) is 4.68. The van der Waals surface area contributed by atoms with Crippen LogP contribution in [0.2, 0.25) is 0 Å². The Morgan fingerprint density at radius 1 is 1.38 bits per heavy atom. The van der Waals surface area contributed by atoms with Crippen LogP contribution in [0.15, 0.2) is 24.3 Å². The highest BCUT2D eigenvalue weighted by molar-refractivity contribution is 5.94. The molecular weight excluding hydrogens is 304 g/mol. The average molecular weight is 336 g/mol. The average Bonchev–Trinajstić information content (AvgIpc) is 2.91. The molecule has 0 bridgehead atoms. The molecule has 4 heteroatoms. The van der Waals surface area contributed by atoms with Crippen LogP contribution < -0.4 is 0 Å². The molecule has 1 aliphatic rings. The lowest BCUT2D eigenvalue weighted by molar-refractivity contribution is -0.141. The standard InChI is InChI=1S/C20H32O4/c1-4-5-6-7-17(21)11-9-16-10-13-19(22)18(16)12-8-15(2)14-20(23)24-3/h9-11,13,15-18,21H,4-8,12,14H2,1-3H3. The maximum Gasteiger partial charge on any atom is 0.305 e. The number of aliphatic hydroxyl groups is 1. The van der Waals surface area contributed by atoms with Crippen molar-refractivity contribution in [2.24, 2.45) is 17.8 Å². The Hall–Kier alpha value is -1.42. The molecule has 1 aliphatic carbocycles. The van der Waals surface area contributed by atoms with Gasteiger partial charge in [-0.05, 0) is 31.3 Å². The van der Waals surface area contributed by atoms with Gasteiger partial charge in [-0.2, -0.15) is 0 Å². The first-order chi connectivity index (χ1) is 11.5. The number of ketones is 1. The quantitative estimate of drug-likeness (QED) is 0.354. The zero-order valence-corrected chi connectivity index (χ0v) is 15.2. The van der Waals surface area contributed by atoms with Crippen molar-refractivity contribution in [1.29, 1.82) is 0 Å². The number of hydrogen-bond acceptors (Lipinski definition) is 4. The summed E-state index contributed by atoms with van der Waals surface area (Å²) in [6.07, 6.45) is 13.0. The van der Waals surface area contributed by atoms with Crippen LogP contribution in [0.4, 0.5) is 0 Å². The second-order valence-corrected chi connectivity index (χ2v) is 6.86. The van der Waals surface area contributed by atoms with E-state index in [1.54, 1.807) is 6.08 Å². The normalized spacial score (nSPS) is 22.9. The molecule has 0 saturated carbocycles. The molecule has 0 amide bonds. The summed E-state index contributed by atoms with van der Waals surface area (Å²) in [5.74, 6) is 0.142. The smallest absolute Gasteiger partial charge is 0.305 e. The lowest BCUT2D eigenvalue weighted by atomic mass is 9.86. The molecule has 4 unspecified atom stereocenters. The van der Waals surface area contributed by atoms with Gasteiger partial charge in [-0.1, -0.05) is 51.3 Å². The summed E-state index contributed by atoms with van der Waals surface area (Å²) in [7, 11) is 1.39. The van der Waals surface area contributed by atoms with Crippen molar-refractivity contribution in [2.45, 2.75) is 64.9 Å². The Bertz CT molecular complexity index is 453. The number of ether oxygens (including phenoxy) is 1. The maximum absolute atomic E-state index is 12.1. The van der Waals surface area contributed by atoms with Crippen molar-refractivity contribution in [1.82, 2.24) is 0 Å². The number of carbonyl (C=O) groups is 2. The van der Waals surface area contributed by atoms with Gasteiger partial charge >= 0.3 is 5.97 Å². The van der Waals surface area contributed by atoms with E-state index in [0.29, 0.717) is 6.42 Å². The van der Waals surface area contributed by atoms with E-state index in [4.69, 9.17) is 0 Å². The van der Waals surface area contributed by atoms with Crippen LogP contribution in [0.3, 0.4) is 0 Å². The van der Waals surface area contributed by atoms with Gasteiger partial charge in [0, 0.05) is 18.3 Å². The van der Waals surface area contributed by atoms with Gasteiger partial charge in [0.15, 0.2) is 5.78 Å². The number of unbranched alkanes of at least 4 members (excludes halogenated alkanes) is 2. The number of hydrogen-bond donors (Lipinski definition) is 1. The summed E-state index contributed by atoms with van der Waals surface area (Å²) in [6.45, 7) is 4.15. The highest BCUT2D eigenvalue weighted by Crippen LogP contribution is 2.30. The number of methoxy groups -OCH3 is 1. The fourth-order valence-electron chi connectivity index (χ4n) is 3.08. The molecule has 4 nitrogen and oxygen atoms in total. The van der Waals surface area contributed by atoms with Gasteiger partial charge in [0.2, 0.25) is 0 Å². The predicted octanol–water partition coefficient (Wildman–Crippen LogP) is 3.83. The molecule has 1 N–H and O–H groups in total. The largest absolute Gasteiger partial charge is 0.469 e. The molecule has 0 fully saturated rings. The lowest BCUT2D eigenvalue weighted by Crippen LogP contribution is -2.17. The third kappa shape index (κ3) is 7.43. The number of esters is 1. The molecular formula is C20H32O4. The van der Waals surface area contributed by atoms with Crippen molar-refractivity contribution in [3.8, 4) is 0 Å². The van der Waals surface area contributed by atoms with Gasteiger partial charge in [0.25, 0.3) is 0 Å². The summed E-state index contributed by atoms with van der Waals surface area (Å²) in [5.41, 5.74) is 0. The van der Waals surface area contributed by atoms with E-state index in [1.807, 2.05) is 25.2 Å². The van der Waals surface area contributed by atoms with E-state index in [0.717, 1.165) is 38.5 Å². The molecule has 4 atom stereocenters. The van der Waals surface area contributed by atoms with Gasteiger partial charge < -0.3 is 9.84 Å². The highest BCUT2D eigenvalue weighted by Gasteiger charge is 2.28. The Labute approximate surface area is 146 Å². The fourth-order valence-corrected chi connectivity index (χ4v) is 3.08. The van der Waals surface area contributed by atoms with Crippen LogP contribution in [0.25, 0.3) is 0 Å². The molecule has 0 saturated heterocycles. The van der Waals surface area contributed by atoms with E-state index >= 15 is 0 Å². The zero-order chi connectivity index (χ0) is 17.9. The van der Waals surface area contributed by atoms with Gasteiger partial charge in [-0.3, -0.25) is 9.59 Å². The predicted molar refractivity (Wildman–Crippen MR) is 95.4 cm³/mol. The monoisotopic (exact) mass is 336 g/mol. The number of rotatable bonds is 11. The summed E-state index contributed by atoms with van der Waals surface area (Å²) >= 11 is 0. The number of allylic oxidation sites excluding steroid dienone is 3. The first-order valence-electron chi connectivity index (χ1n) is 9.13. The van der Waals surface area contributed by atoms with Crippen molar-refractivity contribution < 1.29 is 19.4 Å². The summed E-state index contributed by atoms with van der Waals surface area (Å²) in [6, 6.07) is 0. The molecule has 136 valence electrons. The molecule has 0 aromatic carbocycles. The van der Waals surface area contributed by atoms with Crippen LogP contribution in [-0.4, -0.2) is 30.1 Å². The fraction of sp³-hybridized carbons (Fsp3) is 0.700. The number of carbonyl (C=O) groups excluding carboxylic acids is 2. The van der Waals surface area contributed by atoms with E-state index in [2.05, 4.69) is 11.7 Å². The highest BCUT2D eigenvalue weighted by atomic mass is 16.5. The molecule has 0 aromatic rings. The third-order valence-electron chi connectivity index (χ3n) is 4.68. The molecule has 0 aliphatic heterocycles. The van der Waals surface area contributed by atoms with Crippen LogP contribution in [0.1, 0.15) is 58.8 Å². The van der Waals surface area contributed by atoms with Crippen LogP contribution in [0, 0.1) is 17.8 Å². The number of aliphatic hydroxyl groups excluding tert-OH is 1. The summed E-state index contributed by atoms with van der Waals surface area (Å²) < 4.78 is 4.68. The topological polar surface area (TPSA) is 63.6 Å². The van der Waals surface area contributed by atoms with Crippen molar-refractivity contribution >= 4 is 11.8 Å². The molecule has 24 heavy (non-hydrogen) atoms. The second kappa shape index (κ2) is 11.2. The Kier molecular flexibility index (Phi) is 9.62. The first-order valence-corrected chi connectivity index (χ1v) is 9.13. The molecule has 0 spiro atoms. The Balaban J connectivity index is 2.45.